The lowest BCUT2D eigenvalue weighted by Crippen LogP contribution is -2.44. The van der Waals surface area contributed by atoms with E-state index in [9.17, 15) is 4.79 Å². The summed E-state index contributed by atoms with van der Waals surface area (Å²) in [5, 5.41) is 3.24. The third-order valence-electron chi connectivity index (χ3n) is 3.23. The van der Waals surface area contributed by atoms with Crippen LogP contribution in [0, 0.1) is 6.92 Å². The molecular weight excluding hydrogens is 254 g/mol. The highest BCUT2D eigenvalue weighted by Crippen LogP contribution is 2.16. The van der Waals surface area contributed by atoms with Crippen molar-refractivity contribution in [2.75, 3.05) is 7.11 Å². The first-order valence-electron chi connectivity index (χ1n) is 6.78. The Labute approximate surface area is 118 Å². The van der Waals surface area contributed by atoms with Crippen molar-refractivity contribution in [3.63, 3.8) is 0 Å². The number of fused-ring (bicyclic) bond motifs is 1. The molecule has 0 aliphatic carbocycles. The summed E-state index contributed by atoms with van der Waals surface area (Å²) < 4.78 is 6.93. The molecule has 5 heteroatoms. The molecule has 0 saturated carbocycles. The Morgan fingerprint density at radius 1 is 1.40 bits per heavy atom. The molecule has 1 aromatic heterocycles. The van der Waals surface area contributed by atoms with Gasteiger partial charge in [0.2, 0.25) is 0 Å². The summed E-state index contributed by atoms with van der Waals surface area (Å²) in [6.07, 6.45) is 0. The lowest BCUT2D eigenvalue weighted by atomic mass is 10.2. The lowest BCUT2D eigenvalue weighted by molar-refractivity contribution is -0.143. The molecule has 2 rings (SSSR count). The van der Waals surface area contributed by atoms with Gasteiger partial charge in [-0.2, -0.15) is 0 Å². The van der Waals surface area contributed by atoms with Crippen LogP contribution in [0.3, 0.4) is 0 Å². The van der Waals surface area contributed by atoms with Crippen molar-refractivity contribution in [2.24, 2.45) is 0 Å². The molecule has 0 saturated heterocycles. The predicted octanol–water partition coefficient (Wildman–Crippen LogP) is 1.88. The number of para-hydroxylation sites is 2. The van der Waals surface area contributed by atoms with Crippen LogP contribution in [0.2, 0.25) is 0 Å². The Balaban J connectivity index is 2.32. The van der Waals surface area contributed by atoms with Crippen LogP contribution in [0.5, 0.6) is 0 Å². The van der Waals surface area contributed by atoms with Gasteiger partial charge in [0.15, 0.2) is 0 Å². The maximum absolute atomic E-state index is 11.9. The SMILES string of the molecule is COC(=O)C(Cn1c(C)nc2ccccc21)NC(C)C. The third-order valence-corrected chi connectivity index (χ3v) is 3.23. The summed E-state index contributed by atoms with van der Waals surface area (Å²) in [4.78, 5) is 16.4. The van der Waals surface area contributed by atoms with Crippen molar-refractivity contribution in [1.29, 1.82) is 0 Å². The molecule has 0 aliphatic rings. The zero-order valence-electron chi connectivity index (χ0n) is 12.4. The van der Waals surface area contributed by atoms with Crippen LogP contribution in [0.15, 0.2) is 24.3 Å². The summed E-state index contributed by atoms with van der Waals surface area (Å²) in [7, 11) is 1.41. The van der Waals surface area contributed by atoms with Gasteiger partial charge in [0.05, 0.1) is 24.7 Å². The lowest BCUT2D eigenvalue weighted by Gasteiger charge is -2.20. The second-order valence-corrected chi connectivity index (χ2v) is 5.16. The number of benzene rings is 1. The van der Waals surface area contributed by atoms with Crippen LogP contribution in [-0.2, 0) is 16.1 Å². The molecule has 20 heavy (non-hydrogen) atoms. The van der Waals surface area contributed by atoms with E-state index < -0.39 is 0 Å². The predicted molar refractivity (Wildman–Crippen MR) is 78.5 cm³/mol. The van der Waals surface area contributed by atoms with E-state index in [1.165, 1.54) is 7.11 Å². The minimum atomic E-state index is -0.378. The van der Waals surface area contributed by atoms with Crippen molar-refractivity contribution >= 4 is 17.0 Å². The number of aryl methyl sites for hydroxylation is 1. The maximum Gasteiger partial charge on any atom is 0.324 e. The monoisotopic (exact) mass is 275 g/mol. The van der Waals surface area contributed by atoms with Gasteiger partial charge < -0.3 is 14.6 Å². The van der Waals surface area contributed by atoms with Crippen molar-refractivity contribution in [1.82, 2.24) is 14.9 Å². The highest BCUT2D eigenvalue weighted by Gasteiger charge is 2.22. The van der Waals surface area contributed by atoms with Crippen LogP contribution in [0.1, 0.15) is 19.7 Å². The van der Waals surface area contributed by atoms with Gasteiger partial charge in [0, 0.05) is 6.04 Å². The van der Waals surface area contributed by atoms with Crippen LogP contribution < -0.4 is 5.32 Å². The van der Waals surface area contributed by atoms with Gasteiger partial charge in [-0.25, -0.2) is 4.98 Å². The number of aromatic nitrogens is 2. The van der Waals surface area contributed by atoms with E-state index in [1.54, 1.807) is 0 Å². The number of ether oxygens (including phenoxy) is 1. The molecule has 1 N–H and O–H groups in total. The molecule has 1 unspecified atom stereocenters. The first-order valence-corrected chi connectivity index (χ1v) is 6.78. The first-order chi connectivity index (χ1) is 9.52. The van der Waals surface area contributed by atoms with E-state index in [0.29, 0.717) is 6.54 Å². The van der Waals surface area contributed by atoms with Crippen LogP contribution in [-0.4, -0.2) is 34.7 Å². The van der Waals surface area contributed by atoms with Gasteiger partial charge in [-0.05, 0) is 19.1 Å². The van der Waals surface area contributed by atoms with Crippen molar-refractivity contribution in [3.05, 3.63) is 30.1 Å². The Bertz CT molecular complexity index is 604. The molecule has 108 valence electrons. The molecule has 0 spiro atoms. The smallest absolute Gasteiger partial charge is 0.324 e. The molecule has 2 aromatic rings. The van der Waals surface area contributed by atoms with Crippen molar-refractivity contribution in [3.8, 4) is 0 Å². The number of esters is 1. The molecule has 0 aliphatic heterocycles. The third kappa shape index (κ3) is 2.99. The number of carbonyl (C=O) groups excluding carboxylic acids is 1. The Morgan fingerprint density at radius 3 is 2.75 bits per heavy atom. The van der Waals surface area contributed by atoms with E-state index in [4.69, 9.17) is 4.74 Å². The molecule has 0 amide bonds. The number of rotatable bonds is 5. The number of nitrogens with one attached hydrogen (secondary N) is 1. The number of imidazole rings is 1. The topological polar surface area (TPSA) is 56.2 Å². The van der Waals surface area contributed by atoms with E-state index in [2.05, 4.69) is 10.3 Å². The summed E-state index contributed by atoms with van der Waals surface area (Å²) in [5.41, 5.74) is 1.97. The van der Waals surface area contributed by atoms with E-state index in [1.807, 2.05) is 49.6 Å². The van der Waals surface area contributed by atoms with Gasteiger partial charge in [-0.3, -0.25) is 4.79 Å². The van der Waals surface area contributed by atoms with Crippen molar-refractivity contribution in [2.45, 2.75) is 39.4 Å². The Hall–Kier alpha value is -1.88. The van der Waals surface area contributed by atoms with Crippen LogP contribution in [0.4, 0.5) is 0 Å². The van der Waals surface area contributed by atoms with Crippen molar-refractivity contribution < 1.29 is 9.53 Å². The number of hydrogen-bond acceptors (Lipinski definition) is 4. The molecule has 1 aromatic carbocycles. The molecular formula is C15H21N3O2. The molecule has 0 radical (unpaired) electrons. The van der Waals surface area contributed by atoms with Crippen LogP contribution >= 0.6 is 0 Å². The standard InChI is InChI=1S/C15H21N3O2/c1-10(2)16-13(15(19)20-4)9-18-11(3)17-12-7-5-6-8-14(12)18/h5-8,10,13,16H,9H2,1-4H3. The minimum absolute atomic E-state index is 0.203. The highest BCUT2D eigenvalue weighted by molar-refractivity contribution is 5.78. The van der Waals surface area contributed by atoms with Crippen LogP contribution in [0.25, 0.3) is 11.0 Å². The zero-order chi connectivity index (χ0) is 14.7. The number of carbonyl (C=O) groups is 1. The van der Waals surface area contributed by atoms with E-state index in [-0.39, 0.29) is 18.1 Å². The molecule has 0 fully saturated rings. The second-order valence-electron chi connectivity index (χ2n) is 5.16. The number of hydrogen-bond donors (Lipinski definition) is 1. The minimum Gasteiger partial charge on any atom is -0.468 e. The zero-order valence-corrected chi connectivity index (χ0v) is 12.4. The largest absolute Gasteiger partial charge is 0.468 e. The number of nitrogens with zero attached hydrogens (tertiary/aromatic N) is 2. The average molecular weight is 275 g/mol. The quantitative estimate of drug-likeness (QED) is 0.847. The van der Waals surface area contributed by atoms with Gasteiger partial charge in [-0.1, -0.05) is 26.0 Å². The van der Waals surface area contributed by atoms with Gasteiger partial charge in [-0.15, -0.1) is 0 Å². The molecule has 5 nitrogen and oxygen atoms in total. The Kier molecular flexibility index (Phi) is 4.39. The van der Waals surface area contributed by atoms with Gasteiger partial charge in [0.1, 0.15) is 11.9 Å². The second kappa shape index (κ2) is 6.05. The fourth-order valence-corrected chi connectivity index (χ4v) is 2.35. The summed E-state index contributed by atoms with van der Waals surface area (Å²) in [6.45, 7) is 6.48. The molecule has 1 atom stereocenters. The molecule has 0 bridgehead atoms. The first kappa shape index (κ1) is 14.5. The Morgan fingerprint density at radius 2 is 2.10 bits per heavy atom. The summed E-state index contributed by atoms with van der Waals surface area (Å²) >= 11 is 0. The fourth-order valence-electron chi connectivity index (χ4n) is 2.35. The van der Waals surface area contributed by atoms with E-state index >= 15 is 0 Å². The normalized spacial score (nSPS) is 12.8. The van der Waals surface area contributed by atoms with Gasteiger partial charge >= 0.3 is 5.97 Å². The summed E-state index contributed by atoms with van der Waals surface area (Å²) in [6, 6.07) is 7.75. The number of methoxy groups -OCH3 is 1. The highest BCUT2D eigenvalue weighted by atomic mass is 16.5. The van der Waals surface area contributed by atoms with E-state index in [0.717, 1.165) is 16.9 Å². The fraction of sp³-hybridized carbons (Fsp3) is 0.467. The van der Waals surface area contributed by atoms with Gasteiger partial charge in [0.25, 0.3) is 0 Å². The maximum atomic E-state index is 11.9. The summed E-state index contributed by atoms with van der Waals surface area (Å²) in [5.74, 6) is 0.640. The molecule has 1 heterocycles. The average Bonchev–Trinajstić information content (AvgIpc) is 2.73.